The number of nitriles is 1. The molecular weight excluding hydrogens is 372 g/mol. The van der Waals surface area contributed by atoms with Gasteiger partial charge in [0.2, 0.25) is 0 Å². The average Bonchev–Trinajstić information content (AvgIpc) is 3.49. The monoisotopic (exact) mass is 389 g/mol. The number of pyridine rings is 2. The summed E-state index contributed by atoms with van der Waals surface area (Å²) >= 11 is 11.0. The van der Waals surface area contributed by atoms with Crippen LogP contribution in [0.2, 0.25) is 5.15 Å². The number of hydrazine groups is 1. The zero-order valence-corrected chi connectivity index (χ0v) is 14.9. The summed E-state index contributed by atoms with van der Waals surface area (Å²) in [6.07, 6.45) is 3.41. The Kier molecular flexibility index (Phi) is 4.24. The van der Waals surface area contributed by atoms with Crippen molar-refractivity contribution in [2.75, 3.05) is 6.98 Å². The predicted molar refractivity (Wildman–Crippen MR) is 101 cm³/mol. The Hall–Kier alpha value is -2.76. The molecule has 0 aliphatic heterocycles. The van der Waals surface area contributed by atoms with E-state index in [0.717, 1.165) is 18.5 Å². The molecule has 7 nitrogen and oxygen atoms in total. The second-order valence-electron chi connectivity index (χ2n) is 5.64. The summed E-state index contributed by atoms with van der Waals surface area (Å²) in [5, 5.41) is 11.2. The van der Waals surface area contributed by atoms with Gasteiger partial charge in [-0.2, -0.15) is 5.26 Å². The van der Waals surface area contributed by atoms with Crippen molar-refractivity contribution < 1.29 is 8.91 Å². The molecular formula is C17H15ClN6OS. The second kappa shape index (κ2) is 7.64. The number of nitrogens with one attached hydrogen (secondary N) is 3. The number of thiocarbonyl (C=S) groups is 1. The fourth-order valence-electron chi connectivity index (χ4n) is 2.38. The van der Waals surface area contributed by atoms with Gasteiger partial charge >= 0.3 is 0 Å². The van der Waals surface area contributed by atoms with Crippen LogP contribution in [-0.4, -0.2) is 28.0 Å². The normalized spacial score (nSPS) is 15.0. The minimum absolute atomic E-state index is 0.0947. The molecule has 1 saturated carbocycles. The summed E-state index contributed by atoms with van der Waals surface area (Å²) in [6.45, 7) is -2.50. The Balaban J connectivity index is 1.89. The van der Waals surface area contributed by atoms with Crippen molar-refractivity contribution >= 4 is 34.8 Å². The van der Waals surface area contributed by atoms with Gasteiger partial charge in [0.05, 0.1) is 16.8 Å². The van der Waals surface area contributed by atoms with E-state index in [9.17, 15) is 4.79 Å². The zero-order valence-electron chi connectivity index (χ0n) is 16.3. The van der Waals surface area contributed by atoms with Crippen molar-refractivity contribution in [3.8, 4) is 17.3 Å². The molecule has 1 fully saturated rings. The summed E-state index contributed by atoms with van der Waals surface area (Å²) in [4.78, 5) is 21.3. The highest BCUT2D eigenvalue weighted by Crippen LogP contribution is 2.40. The third-order valence-electron chi connectivity index (χ3n) is 3.75. The molecule has 26 heavy (non-hydrogen) atoms. The fraction of sp³-hybridized carbons (Fsp3) is 0.235. The first-order valence-corrected chi connectivity index (χ1v) is 8.41. The van der Waals surface area contributed by atoms with Gasteiger partial charge in [-0.15, -0.1) is 0 Å². The number of halogens is 1. The molecule has 9 heteroatoms. The van der Waals surface area contributed by atoms with Crippen molar-refractivity contribution in [3.63, 3.8) is 0 Å². The lowest BCUT2D eigenvalue weighted by Crippen LogP contribution is -2.45. The fourth-order valence-corrected chi connectivity index (χ4v) is 2.65. The molecule has 0 bridgehead atoms. The van der Waals surface area contributed by atoms with Gasteiger partial charge in [0.1, 0.15) is 11.2 Å². The van der Waals surface area contributed by atoms with Gasteiger partial charge in [0, 0.05) is 34.5 Å². The van der Waals surface area contributed by atoms with Gasteiger partial charge in [0.15, 0.2) is 5.11 Å². The van der Waals surface area contributed by atoms with Crippen LogP contribution in [0.1, 0.15) is 44.5 Å². The third kappa shape index (κ3) is 4.07. The van der Waals surface area contributed by atoms with Crippen molar-refractivity contribution in [1.82, 2.24) is 26.1 Å². The Morgan fingerprint density at radius 1 is 1.42 bits per heavy atom. The van der Waals surface area contributed by atoms with E-state index in [1.165, 1.54) is 12.3 Å². The van der Waals surface area contributed by atoms with Crippen LogP contribution in [0.3, 0.4) is 0 Å². The Bertz CT molecular complexity index is 1020. The van der Waals surface area contributed by atoms with Gasteiger partial charge in [0.25, 0.3) is 5.91 Å². The minimum atomic E-state index is -2.50. The molecule has 3 rings (SSSR count). The van der Waals surface area contributed by atoms with Gasteiger partial charge in [-0.3, -0.25) is 20.6 Å². The molecule has 1 aliphatic rings. The Labute approximate surface area is 165 Å². The van der Waals surface area contributed by atoms with Gasteiger partial charge in [-0.25, -0.2) is 4.98 Å². The number of rotatable bonds is 3. The van der Waals surface area contributed by atoms with E-state index in [0.29, 0.717) is 17.2 Å². The highest BCUT2D eigenvalue weighted by molar-refractivity contribution is 7.80. The molecule has 2 aromatic heterocycles. The number of nitrogens with zero attached hydrogens (tertiary/aromatic N) is 3. The lowest BCUT2D eigenvalue weighted by atomic mass is 10.0. The van der Waals surface area contributed by atoms with Crippen LogP contribution >= 0.6 is 23.8 Å². The molecule has 1 amide bonds. The van der Waals surface area contributed by atoms with E-state index < -0.39 is 12.9 Å². The van der Waals surface area contributed by atoms with Gasteiger partial charge < -0.3 is 5.32 Å². The summed E-state index contributed by atoms with van der Waals surface area (Å²) in [6, 6.07) is 6.73. The Morgan fingerprint density at radius 2 is 2.23 bits per heavy atom. The molecule has 0 unspecified atom stereocenters. The predicted octanol–water partition coefficient (Wildman–Crippen LogP) is 2.28. The quantitative estimate of drug-likeness (QED) is 0.420. The number of carbonyl (C=O) groups is 1. The number of aromatic nitrogens is 2. The van der Waals surface area contributed by atoms with E-state index >= 15 is 0 Å². The molecule has 2 heterocycles. The van der Waals surface area contributed by atoms with Crippen molar-refractivity contribution in [2.45, 2.75) is 18.8 Å². The number of amides is 1. The van der Waals surface area contributed by atoms with Crippen LogP contribution in [0.15, 0.2) is 24.4 Å². The number of hydrogen-bond donors (Lipinski definition) is 3. The smallest absolute Gasteiger partial charge is 0.271 e. The van der Waals surface area contributed by atoms with Crippen LogP contribution in [0, 0.1) is 11.3 Å². The molecule has 0 saturated heterocycles. The van der Waals surface area contributed by atoms with Crippen LogP contribution in [0.4, 0.5) is 0 Å². The first kappa shape index (κ1) is 14.4. The first-order valence-electron chi connectivity index (χ1n) is 9.13. The average molecular weight is 390 g/mol. The minimum Gasteiger partial charge on any atom is -0.364 e. The standard InChI is InChI=1S/C17H15ClN6OS/c1-20-17(26)24-23-16(25)12-4-9(7-19)8-21-15(12)11-5-13(10-2-3-10)22-14(18)6-11/h4-6,8,10H,2-3H2,1H3,(H,23,25)(H2,20,24,26)/i1D3. The molecule has 1 aliphatic carbocycles. The molecule has 3 N–H and O–H groups in total. The van der Waals surface area contributed by atoms with E-state index in [2.05, 4.69) is 20.8 Å². The van der Waals surface area contributed by atoms with Crippen LogP contribution in [0.5, 0.6) is 0 Å². The maximum atomic E-state index is 12.7. The molecule has 0 radical (unpaired) electrons. The van der Waals surface area contributed by atoms with E-state index in [1.807, 2.05) is 17.5 Å². The SMILES string of the molecule is [2H]C([2H])([2H])NC(=S)NNC(=O)c1cc(C#N)cnc1-c1cc(Cl)nc(C2CC2)c1. The molecule has 0 spiro atoms. The first-order chi connectivity index (χ1) is 13.7. The van der Waals surface area contributed by atoms with Gasteiger partial charge in [-0.05, 0) is 43.3 Å². The molecule has 0 atom stereocenters. The lowest BCUT2D eigenvalue weighted by molar-refractivity contribution is 0.0944. The van der Waals surface area contributed by atoms with Crippen LogP contribution in [0.25, 0.3) is 11.3 Å². The van der Waals surface area contributed by atoms with Crippen molar-refractivity contribution in [1.29, 1.82) is 5.26 Å². The summed E-state index contributed by atoms with van der Waals surface area (Å²) < 4.78 is 21.3. The maximum absolute atomic E-state index is 12.7. The molecule has 2 aromatic rings. The number of hydrogen-bond acceptors (Lipinski definition) is 5. The Morgan fingerprint density at radius 3 is 2.92 bits per heavy atom. The topological polar surface area (TPSA) is 103 Å². The third-order valence-corrected chi connectivity index (χ3v) is 4.15. The molecule has 0 aromatic carbocycles. The van der Waals surface area contributed by atoms with E-state index in [1.54, 1.807) is 6.07 Å². The lowest BCUT2D eigenvalue weighted by Gasteiger charge is -2.12. The summed E-state index contributed by atoms with van der Waals surface area (Å²) in [5.41, 5.74) is 6.62. The largest absolute Gasteiger partial charge is 0.364 e. The summed E-state index contributed by atoms with van der Waals surface area (Å²) in [7, 11) is 0. The van der Waals surface area contributed by atoms with Gasteiger partial charge in [-0.1, -0.05) is 11.6 Å². The highest BCUT2D eigenvalue weighted by Gasteiger charge is 2.26. The highest BCUT2D eigenvalue weighted by atomic mass is 35.5. The van der Waals surface area contributed by atoms with Crippen molar-refractivity contribution in [2.24, 2.45) is 0 Å². The van der Waals surface area contributed by atoms with E-state index in [4.69, 9.17) is 33.2 Å². The second-order valence-corrected chi connectivity index (χ2v) is 6.44. The summed E-state index contributed by atoms with van der Waals surface area (Å²) in [5.74, 6) is -0.312. The number of carbonyl (C=O) groups excluding carboxylic acids is 1. The van der Waals surface area contributed by atoms with Crippen molar-refractivity contribution in [3.05, 3.63) is 46.4 Å². The zero-order chi connectivity index (χ0) is 21.2. The van der Waals surface area contributed by atoms with Crippen LogP contribution < -0.4 is 16.2 Å². The van der Waals surface area contributed by atoms with Crippen LogP contribution in [-0.2, 0) is 0 Å². The molecule has 132 valence electrons. The van der Waals surface area contributed by atoms with E-state index in [-0.39, 0.29) is 21.4 Å². The maximum Gasteiger partial charge on any atom is 0.271 e.